The first-order valence-electron chi connectivity index (χ1n) is 7.00. The van der Waals surface area contributed by atoms with Gasteiger partial charge in [0.05, 0.1) is 0 Å². The van der Waals surface area contributed by atoms with Gasteiger partial charge in [-0.1, -0.05) is 25.1 Å². The van der Waals surface area contributed by atoms with Gasteiger partial charge in [-0.3, -0.25) is 0 Å². The number of fused-ring (bicyclic) bond motifs is 3. The monoisotopic (exact) mass is 229 g/mol. The van der Waals surface area contributed by atoms with Gasteiger partial charge in [-0.2, -0.15) is 0 Å². The molecule has 17 heavy (non-hydrogen) atoms. The van der Waals surface area contributed by atoms with Crippen LogP contribution in [0.3, 0.4) is 0 Å². The SMILES string of the molecule is CC1CCC[C@@]2(C)C[C@H](C)c3ccccc3N12. The summed E-state index contributed by atoms with van der Waals surface area (Å²) in [6.07, 6.45) is 5.41. The van der Waals surface area contributed by atoms with Crippen LogP contribution in [0.25, 0.3) is 0 Å². The lowest BCUT2D eigenvalue weighted by molar-refractivity contribution is 0.251. The van der Waals surface area contributed by atoms with Crippen molar-refractivity contribution in [3.63, 3.8) is 0 Å². The Kier molecular flexibility index (Phi) is 2.46. The highest BCUT2D eigenvalue weighted by molar-refractivity contribution is 5.60. The van der Waals surface area contributed by atoms with E-state index in [0.29, 0.717) is 17.5 Å². The van der Waals surface area contributed by atoms with Crippen molar-refractivity contribution in [2.75, 3.05) is 4.90 Å². The highest BCUT2D eigenvalue weighted by Gasteiger charge is 2.43. The predicted molar refractivity (Wildman–Crippen MR) is 73.7 cm³/mol. The van der Waals surface area contributed by atoms with Crippen molar-refractivity contribution < 1.29 is 0 Å². The number of rotatable bonds is 0. The van der Waals surface area contributed by atoms with E-state index in [0.717, 1.165) is 0 Å². The summed E-state index contributed by atoms with van der Waals surface area (Å²) in [6.45, 7) is 7.25. The molecule has 1 saturated heterocycles. The fourth-order valence-electron chi connectivity index (χ4n) is 4.18. The van der Waals surface area contributed by atoms with E-state index in [1.54, 1.807) is 5.56 Å². The van der Waals surface area contributed by atoms with Crippen LogP contribution in [0.5, 0.6) is 0 Å². The fourth-order valence-corrected chi connectivity index (χ4v) is 4.18. The molecule has 92 valence electrons. The highest BCUT2D eigenvalue weighted by Crippen LogP contribution is 2.48. The maximum absolute atomic E-state index is 2.71. The largest absolute Gasteiger partial charge is 0.363 e. The number of para-hydroxylation sites is 1. The molecule has 1 fully saturated rings. The standard InChI is InChI=1S/C16H23N/c1-12-11-16(3)10-6-7-13(2)17(16)15-9-5-4-8-14(12)15/h4-5,8-9,12-13H,6-7,10-11H2,1-3H3/t12-,13?,16-/m0/s1. The fraction of sp³-hybridized carbons (Fsp3) is 0.625. The lowest BCUT2D eigenvalue weighted by Gasteiger charge is -2.55. The summed E-state index contributed by atoms with van der Waals surface area (Å²) in [5, 5.41) is 0. The third-order valence-electron chi connectivity index (χ3n) is 4.83. The first-order chi connectivity index (χ1) is 8.12. The van der Waals surface area contributed by atoms with Crippen molar-refractivity contribution in [1.29, 1.82) is 0 Å². The van der Waals surface area contributed by atoms with Crippen LogP contribution in [0.1, 0.15) is 57.9 Å². The van der Waals surface area contributed by atoms with Crippen molar-refractivity contribution in [3.05, 3.63) is 29.8 Å². The van der Waals surface area contributed by atoms with Gasteiger partial charge in [-0.15, -0.1) is 0 Å². The minimum atomic E-state index is 0.394. The van der Waals surface area contributed by atoms with Crippen molar-refractivity contribution in [2.24, 2.45) is 0 Å². The molecule has 0 aliphatic carbocycles. The summed E-state index contributed by atoms with van der Waals surface area (Å²) in [5.74, 6) is 0.706. The number of hydrogen-bond donors (Lipinski definition) is 0. The smallest absolute Gasteiger partial charge is 0.0408 e. The van der Waals surface area contributed by atoms with Gasteiger partial charge in [0.25, 0.3) is 0 Å². The molecule has 1 aromatic carbocycles. The summed E-state index contributed by atoms with van der Waals surface area (Å²) in [5.41, 5.74) is 3.45. The molecule has 0 aromatic heterocycles. The Morgan fingerprint density at radius 3 is 2.82 bits per heavy atom. The average molecular weight is 229 g/mol. The van der Waals surface area contributed by atoms with Crippen LogP contribution in [0.4, 0.5) is 5.69 Å². The Morgan fingerprint density at radius 2 is 2.00 bits per heavy atom. The van der Waals surface area contributed by atoms with E-state index >= 15 is 0 Å². The number of nitrogens with zero attached hydrogens (tertiary/aromatic N) is 1. The predicted octanol–water partition coefficient (Wildman–Crippen LogP) is 4.33. The molecule has 1 nitrogen and oxygen atoms in total. The molecule has 0 radical (unpaired) electrons. The molecule has 3 rings (SSSR count). The first kappa shape index (κ1) is 11.1. The van der Waals surface area contributed by atoms with Gasteiger partial charge < -0.3 is 4.90 Å². The first-order valence-corrected chi connectivity index (χ1v) is 7.00. The number of anilines is 1. The minimum absolute atomic E-state index is 0.394. The van der Waals surface area contributed by atoms with Crippen molar-refractivity contribution in [3.8, 4) is 0 Å². The molecule has 0 N–H and O–H groups in total. The second kappa shape index (κ2) is 3.76. The van der Waals surface area contributed by atoms with E-state index in [4.69, 9.17) is 0 Å². The molecule has 0 bridgehead atoms. The van der Waals surface area contributed by atoms with E-state index < -0.39 is 0 Å². The van der Waals surface area contributed by atoms with Crippen LogP contribution in [0.15, 0.2) is 24.3 Å². The van der Waals surface area contributed by atoms with E-state index in [9.17, 15) is 0 Å². The summed E-state index contributed by atoms with van der Waals surface area (Å²) >= 11 is 0. The Hall–Kier alpha value is -0.980. The molecule has 0 amide bonds. The molecule has 1 unspecified atom stereocenters. The summed E-state index contributed by atoms with van der Waals surface area (Å²) in [6, 6.07) is 9.72. The van der Waals surface area contributed by atoms with Crippen LogP contribution >= 0.6 is 0 Å². The third-order valence-corrected chi connectivity index (χ3v) is 4.83. The Morgan fingerprint density at radius 1 is 1.24 bits per heavy atom. The molecule has 2 aliphatic rings. The lowest BCUT2D eigenvalue weighted by atomic mass is 9.73. The number of hydrogen-bond acceptors (Lipinski definition) is 1. The van der Waals surface area contributed by atoms with Crippen LogP contribution in [0, 0.1) is 0 Å². The van der Waals surface area contributed by atoms with Gasteiger partial charge in [0.2, 0.25) is 0 Å². The second-order valence-corrected chi connectivity index (χ2v) is 6.27. The molecule has 1 heteroatoms. The van der Waals surface area contributed by atoms with E-state index in [1.165, 1.54) is 31.4 Å². The van der Waals surface area contributed by atoms with Crippen LogP contribution < -0.4 is 4.90 Å². The molecule has 1 aromatic rings. The Balaban J connectivity index is 2.12. The van der Waals surface area contributed by atoms with Crippen LogP contribution in [-0.2, 0) is 0 Å². The second-order valence-electron chi connectivity index (χ2n) is 6.27. The number of piperidine rings is 1. The molecule has 0 saturated carbocycles. The van der Waals surface area contributed by atoms with Crippen LogP contribution in [-0.4, -0.2) is 11.6 Å². The topological polar surface area (TPSA) is 3.24 Å². The zero-order chi connectivity index (χ0) is 12.0. The molecule has 0 spiro atoms. The molecular weight excluding hydrogens is 206 g/mol. The van der Waals surface area contributed by atoms with Gasteiger partial charge >= 0.3 is 0 Å². The molecule has 3 atom stereocenters. The van der Waals surface area contributed by atoms with Gasteiger partial charge in [0.1, 0.15) is 0 Å². The summed E-state index contributed by atoms with van der Waals surface area (Å²) in [7, 11) is 0. The van der Waals surface area contributed by atoms with E-state index in [-0.39, 0.29) is 0 Å². The zero-order valence-corrected chi connectivity index (χ0v) is 11.2. The summed E-state index contributed by atoms with van der Waals surface area (Å²) in [4.78, 5) is 2.71. The van der Waals surface area contributed by atoms with Gasteiger partial charge in [0, 0.05) is 17.3 Å². The average Bonchev–Trinajstić information content (AvgIpc) is 2.28. The van der Waals surface area contributed by atoms with Gasteiger partial charge in [-0.25, -0.2) is 0 Å². The molecule has 2 heterocycles. The van der Waals surface area contributed by atoms with E-state index in [1.807, 2.05) is 0 Å². The minimum Gasteiger partial charge on any atom is -0.363 e. The van der Waals surface area contributed by atoms with E-state index in [2.05, 4.69) is 49.9 Å². The van der Waals surface area contributed by atoms with Crippen LogP contribution in [0.2, 0.25) is 0 Å². The third kappa shape index (κ3) is 1.59. The van der Waals surface area contributed by atoms with Gasteiger partial charge in [0.15, 0.2) is 0 Å². The molecule has 2 aliphatic heterocycles. The van der Waals surface area contributed by atoms with Crippen molar-refractivity contribution in [1.82, 2.24) is 0 Å². The quantitative estimate of drug-likeness (QED) is 0.640. The Bertz CT molecular complexity index is 425. The maximum atomic E-state index is 2.71. The normalized spacial score (nSPS) is 36.3. The Labute approximate surface area is 105 Å². The van der Waals surface area contributed by atoms with Crippen molar-refractivity contribution in [2.45, 2.75) is 64.0 Å². The highest BCUT2D eigenvalue weighted by atomic mass is 15.2. The zero-order valence-electron chi connectivity index (χ0n) is 11.2. The maximum Gasteiger partial charge on any atom is 0.0408 e. The van der Waals surface area contributed by atoms with Crippen molar-refractivity contribution >= 4 is 5.69 Å². The molecular formula is C16H23N. The lowest BCUT2D eigenvalue weighted by Crippen LogP contribution is -2.57. The summed E-state index contributed by atoms with van der Waals surface area (Å²) < 4.78 is 0. The van der Waals surface area contributed by atoms with Gasteiger partial charge in [-0.05, 0) is 57.1 Å². The number of benzene rings is 1.